The van der Waals surface area contributed by atoms with Crippen molar-refractivity contribution in [2.45, 2.75) is 26.2 Å². The predicted molar refractivity (Wildman–Crippen MR) is 68.5 cm³/mol. The Morgan fingerprint density at radius 1 is 1.53 bits per heavy atom. The van der Waals surface area contributed by atoms with Crippen LogP contribution in [0.15, 0.2) is 6.33 Å². The lowest BCUT2D eigenvalue weighted by molar-refractivity contribution is 0.0594. The van der Waals surface area contributed by atoms with E-state index in [1.807, 2.05) is 0 Å². The highest BCUT2D eigenvalue weighted by Crippen LogP contribution is 2.21. The fourth-order valence-electron chi connectivity index (χ4n) is 2.07. The Kier molecular flexibility index (Phi) is 4.57. The van der Waals surface area contributed by atoms with Crippen LogP contribution in [-0.4, -0.2) is 29.7 Å². The second-order valence-corrected chi connectivity index (χ2v) is 4.67. The molecule has 1 atom stereocenters. The first kappa shape index (κ1) is 12.6. The van der Waals surface area contributed by atoms with Gasteiger partial charge in [-0.05, 0) is 25.2 Å². The van der Waals surface area contributed by atoms with Crippen molar-refractivity contribution in [2.24, 2.45) is 5.92 Å². The van der Waals surface area contributed by atoms with Gasteiger partial charge in [-0.15, -0.1) is 0 Å². The molecule has 5 heteroatoms. The number of hydrogen-bond donors (Lipinski definition) is 1. The molecule has 1 fully saturated rings. The van der Waals surface area contributed by atoms with Gasteiger partial charge in [0.25, 0.3) is 0 Å². The van der Waals surface area contributed by atoms with Crippen LogP contribution in [0.1, 0.15) is 25.3 Å². The SMILES string of the molecule is CCc1c(Cl)ncnc1NCC1CCCOC1. The molecule has 1 saturated heterocycles. The minimum atomic E-state index is 0.546. The summed E-state index contributed by atoms with van der Waals surface area (Å²) in [7, 11) is 0. The maximum atomic E-state index is 6.04. The Labute approximate surface area is 107 Å². The molecule has 0 radical (unpaired) electrons. The number of rotatable bonds is 4. The largest absolute Gasteiger partial charge is 0.381 e. The third-order valence-corrected chi connectivity index (χ3v) is 3.38. The second-order valence-electron chi connectivity index (χ2n) is 4.31. The molecule has 0 saturated carbocycles. The van der Waals surface area contributed by atoms with E-state index < -0.39 is 0 Å². The van der Waals surface area contributed by atoms with Gasteiger partial charge in [-0.1, -0.05) is 18.5 Å². The summed E-state index contributed by atoms with van der Waals surface area (Å²) in [5.41, 5.74) is 0.992. The molecule has 94 valence electrons. The molecule has 1 aromatic rings. The van der Waals surface area contributed by atoms with Crippen LogP contribution >= 0.6 is 11.6 Å². The zero-order valence-electron chi connectivity index (χ0n) is 10.1. The zero-order valence-corrected chi connectivity index (χ0v) is 10.8. The van der Waals surface area contributed by atoms with Crippen molar-refractivity contribution in [2.75, 3.05) is 25.1 Å². The molecule has 4 nitrogen and oxygen atoms in total. The van der Waals surface area contributed by atoms with Gasteiger partial charge in [-0.2, -0.15) is 0 Å². The average Bonchev–Trinajstić information content (AvgIpc) is 2.37. The van der Waals surface area contributed by atoms with Crippen LogP contribution < -0.4 is 5.32 Å². The maximum absolute atomic E-state index is 6.04. The van der Waals surface area contributed by atoms with Crippen molar-refractivity contribution in [3.05, 3.63) is 17.0 Å². The molecule has 1 N–H and O–H groups in total. The van der Waals surface area contributed by atoms with Crippen molar-refractivity contribution in [3.8, 4) is 0 Å². The van der Waals surface area contributed by atoms with Gasteiger partial charge >= 0.3 is 0 Å². The monoisotopic (exact) mass is 255 g/mol. The van der Waals surface area contributed by atoms with E-state index in [1.54, 1.807) is 0 Å². The first-order valence-corrected chi connectivity index (χ1v) is 6.50. The zero-order chi connectivity index (χ0) is 12.1. The van der Waals surface area contributed by atoms with E-state index in [4.69, 9.17) is 16.3 Å². The minimum absolute atomic E-state index is 0.546. The predicted octanol–water partition coefficient (Wildman–Crippen LogP) is 2.53. The molecular weight excluding hydrogens is 238 g/mol. The number of nitrogens with zero attached hydrogens (tertiary/aromatic N) is 2. The quantitative estimate of drug-likeness (QED) is 0.840. The van der Waals surface area contributed by atoms with Gasteiger partial charge in [0.2, 0.25) is 0 Å². The highest BCUT2D eigenvalue weighted by molar-refractivity contribution is 6.30. The van der Waals surface area contributed by atoms with Gasteiger partial charge in [0.1, 0.15) is 17.3 Å². The Morgan fingerprint density at radius 2 is 2.41 bits per heavy atom. The maximum Gasteiger partial charge on any atom is 0.137 e. The van der Waals surface area contributed by atoms with Crippen LogP contribution in [-0.2, 0) is 11.2 Å². The van der Waals surface area contributed by atoms with Crippen LogP contribution in [0.25, 0.3) is 0 Å². The second kappa shape index (κ2) is 6.17. The third kappa shape index (κ3) is 3.30. The fraction of sp³-hybridized carbons (Fsp3) is 0.667. The smallest absolute Gasteiger partial charge is 0.137 e. The highest BCUT2D eigenvalue weighted by Gasteiger charge is 2.15. The fourth-order valence-corrected chi connectivity index (χ4v) is 2.33. The highest BCUT2D eigenvalue weighted by atomic mass is 35.5. The van der Waals surface area contributed by atoms with Crippen molar-refractivity contribution >= 4 is 17.4 Å². The lowest BCUT2D eigenvalue weighted by atomic mass is 10.0. The van der Waals surface area contributed by atoms with E-state index in [1.165, 1.54) is 12.7 Å². The molecule has 2 rings (SSSR count). The van der Waals surface area contributed by atoms with E-state index in [-0.39, 0.29) is 0 Å². The van der Waals surface area contributed by atoms with E-state index >= 15 is 0 Å². The summed E-state index contributed by atoms with van der Waals surface area (Å²) < 4.78 is 5.45. The Balaban J connectivity index is 1.95. The summed E-state index contributed by atoms with van der Waals surface area (Å²) in [6.45, 7) is 4.68. The Hall–Kier alpha value is -0.870. The first-order valence-electron chi connectivity index (χ1n) is 6.12. The first-order chi connectivity index (χ1) is 8.31. The summed E-state index contributed by atoms with van der Waals surface area (Å²) in [5.74, 6) is 1.43. The summed E-state index contributed by atoms with van der Waals surface area (Å²) in [6, 6.07) is 0. The normalized spacial score (nSPS) is 20.2. The van der Waals surface area contributed by atoms with E-state index in [0.717, 1.165) is 44.0 Å². The molecule has 17 heavy (non-hydrogen) atoms. The van der Waals surface area contributed by atoms with Crippen molar-refractivity contribution in [3.63, 3.8) is 0 Å². The van der Waals surface area contributed by atoms with Gasteiger partial charge in [0.05, 0.1) is 6.61 Å². The summed E-state index contributed by atoms with van der Waals surface area (Å²) in [4.78, 5) is 8.24. The minimum Gasteiger partial charge on any atom is -0.381 e. The lowest BCUT2D eigenvalue weighted by Crippen LogP contribution is -2.25. The molecular formula is C12H18ClN3O. The van der Waals surface area contributed by atoms with Crippen LogP contribution in [0, 0.1) is 5.92 Å². The van der Waals surface area contributed by atoms with Crippen LogP contribution in [0.2, 0.25) is 5.15 Å². The molecule has 0 aromatic carbocycles. The van der Waals surface area contributed by atoms with Crippen LogP contribution in [0.3, 0.4) is 0 Å². The molecule has 1 aliphatic rings. The molecule has 0 amide bonds. The Morgan fingerprint density at radius 3 is 3.12 bits per heavy atom. The van der Waals surface area contributed by atoms with Crippen molar-refractivity contribution in [1.29, 1.82) is 0 Å². The van der Waals surface area contributed by atoms with E-state index in [0.29, 0.717) is 11.1 Å². The summed E-state index contributed by atoms with van der Waals surface area (Å²) in [5, 5.41) is 3.91. The molecule has 0 spiro atoms. The van der Waals surface area contributed by atoms with Crippen LogP contribution in [0.4, 0.5) is 5.82 Å². The van der Waals surface area contributed by atoms with Gasteiger partial charge in [0, 0.05) is 18.7 Å². The Bertz CT molecular complexity index is 367. The number of hydrogen-bond acceptors (Lipinski definition) is 4. The van der Waals surface area contributed by atoms with Gasteiger partial charge in [-0.25, -0.2) is 9.97 Å². The van der Waals surface area contributed by atoms with Gasteiger partial charge in [-0.3, -0.25) is 0 Å². The number of ether oxygens (including phenoxy) is 1. The molecule has 0 bridgehead atoms. The molecule has 2 heterocycles. The van der Waals surface area contributed by atoms with E-state index in [2.05, 4.69) is 22.2 Å². The average molecular weight is 256 g/mol. The topological polar surface area (TPSA) is 47.0 Å². The molecule has 0 aliphatic carbocycles. The number of halogens is 1. The third-order valence-electron chi connectivity index (χ3n) is 3.06. The number of nitrogens with one attached hydrogen (secondary N) is 1. The van der Waals surface area contributed by atoms with Crippen LogP contribution in [0.5, 0.6) is 0 Å². The number of aromatic nitrogens is 2. The molecule has 1 unspecified atom stereocenters. The standard InChI is InChI=1S/C12H18ClN3O/c1-2-10-11(13)15-8-16-12(10)14-6-9-4-3-5-17-7-9/h8-9H,2-7H2,1H3,(H,14,15,16). The molecule has 1 aliphatic heterocycles. The summed E-state index contributed by atoms with van der Waals surface area (Å²) in [6.07, 6.45) is 4.70. The van der Waals surface area contributed by atoms with Gasteiger partial charge in [0.15, 0.2) is 0 Å². The molecule has 1 aromatic heterocycles. The number of anilines is 1. The van der Waals surface area contributed by atoms with Gasteiger partial charge < -0.3 is 10.1 Å². The lowest BCUT2D eigenvalue weighted by Gasteiger charge is -2.23. The van der Waals surface area contributed by atoms with E-state index in [9.17, 15) is 0 Å². The van der Waals surface area contributed by atoms with Crippen molar-refractivity contribution < 1.29 is 4.74 Å². The summed E-state index contributed by atoms with van der Waals surface area (Å²) >= 11 is 6.04. The van der Waals surface area contributed by atoms with Crippen molar-refractivity contribution in [1.82, 2.24) is 9.97 Å².